The molecular formula is C66H125N2O16P. The Bertz CT molecular complexity index is 1710. The van der Waals surface area contributed by atoms with Crippen molar-refractivity contribution >= 4 is 25.4 Å². The van der Waals surface area contributed by atoms with Crippen LogP contribution < -0.4 is 10.6 Å². The largest absolute Gasteiger partial charge is 0.472 e. The molecule has 1 unspecified atom stereocenters. The van der Waals surface area contributed by atoms with Crippen LogP contribution in [0.25, 0.3) is 0 Å². The molecule has 11 atom stereocenters. The molecule has 18 nitrogen and oxygen atoms in total. The molecule has 19 heteroatoms. The number of ketones is 1. The molecule has 2 saturated heterocycles. The average molecular weight is 1230 g/mol. The molecule has 2 aliphatic rings. The molecule has 0 spiro atoms. The number of hydrogen-bond acceptors (Lipinski definition) is 14. The number of carbonyl (C=O) groups excluding carboxylic acids is 3. The van der Waals surface area contributed by atoms with E-state index in [0.717, 1.165) is 135 Å². The summed E-state index contributed by atoms with van der Waals surface area (Å²) in [6.45, 7) is 8.19. The second-order valence-electron chi connectivity index (χ2n) is 24.3. The fourth-order valence-electron chi connectivity index (χ4n) is 11.5. The lowest BCUT2D eigenvalue weighted by Gasteiger charge is -2.47. The van der Waals surface area contributed by atoms with Gasteiger partial charge in [-0.05, 0) is 64.2 Å². The van der Waals surface area contributed by atoms with Gasteiger partial charge in [0.05, 0.1) is 25.2 Å². The van der Waals surface area contributed by atoms with Crippen molar-refractivity contribution < 1.29 is 77.0 Å². The third kappa shape index (κ3) is 38.4. The second-order valence-corrected chi connectivity index (χ2v) is 25.5. The summed E-state index contributed by atoms with van der Waals surface area (Å²) in [4.78, 5) is 61.1. The highest BCUT2D eigenvalue weighted by molar-refractivity contribution is 7.46. The van der Waals surface area contributed by atoms with Gasteiger partial charge in [-0.25, -0.2) is 4.57 Å². The highest BCUT2D eigenvalue weighted by Gasteiger charge is 2.51. The van der Waals surface area contributed by atoms with Gasteiger partial charge in [0.25, 0.3) is 0 Å². The minimum atomic E-state index is -5.34. The van der Waals surface area contributed by atoms with Gasteiger partial charge < -0.3 is 64.2 Å². The molecule has 7 N–H and O–H groups in total. The van der Waals surface area contributed by atoms with Gasteiger partial charge >= 0.3 is 7.82 Å². The van der Waals surface area contributed by atoms with E-state index < -0.39 is 88.0 Å². The number of aliphatic hydroxyl groups excluding tert-OH is 3. The summed E-state index contributed by atoms with van der Waals surface area (Å²) >= 11 is 0. The molecule has 500 valence electrons. The third-order valence-corrected chi connectivity index (χ3v) is 17.2. The first-order valence-corrected chi connectivity index (χ1v) is 35.9. The van der Waals surface area contributed by atoms with E-state index in [1.165, 1.54) is 77.0 Å². The number of Topliss-reactive ketones (excluding diaryl/α,β-unsaturated/α-hetero) is 1. The Hall–Kier alpha value is -1.90. The van der Waals surface area contributed by atoms with Crippen molar-refractivity contribution in [3.63, 3.8) is 0 Å². The molecular weight excluding hydrogens is 1110 g/mol. The van der Waals surface area contributed by atoms with Crippen molar-refractivity contribution in [3.8, 4) is 0 Å². The molecule has 0 aliphatic carbocycles. The quantitative estimate of drug-likeness (QED) is 0.0129. The number of nitrogens with one attached hydrogen (secondary N) is 2. The predicted molar refractivity (Wildman–Crippen MR) is 336 cm³/mol. The summed E-state index contributed by atoms with van der Waals surface area (Å²) < 4.78 is 55.4. The molecule has 85 heavy (non-hydrogen) atoms. The topological polar surface area (TPSA) is 258 Å². The number of phosphoric acid groups is 1. The molecule has 2 heterocycles. The summed E-state index contributed by atoms with van der Waals surface area (Å²) in [5, 5.41) is 39.9. The fourth-order valence-corrected chi connectivity index (χ4v) is 11.9. The van der Waals surface area contributed by atoms with Gasteiger partial charge in [-0.3, -0.25) is 18.9 Å². The SMILES string of the molecule is CCCCCCC=CCCCCCCCCCC(=O)N[C@H]1[C@H](OCC2O[C@H](OP(=O)(O)O)[C@H](NC(=O)CC(=O)CCCCCCCCCCC)[C@@H](OCCCCCCCCCC)[C@@H]2O)O[C@H](CCO)[C@@H](O)[C@@H]1OCC[C@@H](CCCCCCC)OC. The first-order valence-electron chi connectivity index (χ1n) is 34.4. The van der Waals surface area contributed by atoms with Crippen molar-refractivity contribution in [1.82, 2.24) is 10.6 Å². The molecule has 0 radical (unpaired) electrons. The van der Waals surface area contributed by atoms with E-state index in [1.54, 1.807) is 7.11 Å². The maximum atomic E-state index is 13.9. The van der Waals surface area contributed by atoms with Crippen LogP contribution in [-0.4, -0.2) is 144 Å². The zero-order chi connectivity index (χ0) is 62.2. The third-order valence-electron chi connectivity index (χ3n) is 16.7. The number of rotatable bonds is 57. The van der Waals surface area contributed by atoms with Crippen LogP contribution in [0.2, 0.25) is 0 Å². The number of phosphoric ester groups is 1. The first-order chi connectivity index (χ1) is 41.2. The Labute approximate surface area is 515 Å². The number of hydrogen-bond donors (Lipinski definition) is 7. The van der Waals surface area contributed by atoms with Gasteiger partial charge in [-0.1, -0.05) is 220 Å². The van der Waals surface area contributed by atoms with Gasteiger partial charge in [-0.15, -0.1) is 0 Å². The molecule has 2 fully saturated rings. The summed E-state index contributed by atoms with van der Waals surface area (Å²) in [7, 11) is -3.67. The van der Waals surface area contributed by atoms with E-state index in [1.807, 2.05) is 0 Å². The molecule has 2 rings (SSSR count). The number of amides is 2. The fraction of sp³-hybridized carbons (Fsp3) is 0.924. The second kappa shape index (κ2) is 51.8. The van der Waals surface area contributed by atoms with Crippen molar-refractivity contribution in [2.75, 3.05) is 33.5 Å². The van der Waals surface area contributed by atoms with Crippen molar-refractivity contribution in [2.45, 2.75) is 358 Å². The van der Waals surface area contributed by atoms with Crippen molar-refractivity contribution in [3.05, 3.63) is 12.2 Å². The smallest absolute Gasteiger partial charge is 0.396 e. The molecule has 0 saturated carbocycles. The van der Waals surface area contributed by atoms with Gasteiger partial charge in [0.2, 0.25) is 11.8 Å². The number of allylic oxidation sites excluding steroid dienone is 2. The van der Waals surface area contributed by atoms with E-state index in [0.29, 0.717) is 25.7 Å². The van der Waals surface area contributed by atoms with Crippen LogP contribution in [-0.2, 0) is 51.9 Å². The number of unbranched alkanes of at least 4 members (excludes halogenated alkanes) is 30. The molecule has 0 bridgehead atoms. The molecule has 0 aromatic carbocycles. The van der Waals surface area contributed by atoms with Gasteiger partial charge in [0.15, 0.2) is 12.6 Å². The lowest BCUT2D eigenvalue weighted by atomic mass is 9.94. The van der Waals surface area contributed by atoms with Gasteiger partial charge in [-0.2, -0.15) is 0 Å². The summed E-state index contributed by atoms with van der Waals surface area (Å²) in [6, 6.07) is -2.57. The molecule has 2 aliphatic heterocycles. The monoisotopic (exact) mass is 1230 g/mol. The van der Waals surface area contributed by atoms with Crippen molar-refractivity contribution in [2.24, 2.45) is 0 Å². The lowest BCUT2D eigenvalue weighted by Crippen LogP contribution is -2.67. The molecule has 0 aromatic heterocycles. The summed E-state index contributed by atoms with van der Waals surface area (Å²) in [6.07, 6.45) is 32.4. The summed E-state index contributed by atoms with van der Waals surface area (Å²) in [5.41, 5.74) is 0. The standard InChI is InChI=1S/C66H125N2O16P/c1-6-10-14-18-21-24-25-26-27-28-29-31-33-37-41-45-57(71)67-59-63(80-50-47-54(78-5)44-40-35-17-13-9-4)61(73)55(46-48-69)82-65(59)81-52-56-62(74)64(79-49-42-38-34-23-20-16-12-8-3)60(66(83-56)84-85(75,76)77)68-58(72)51-53(70)43-39-36-32-30-22-19-15-11-7-2/h24-25,54-56,59-66,69,73-74H,6-23,26-52H2,1-5H3,(H,67,71)(H,68,72)(H2,75,76,77)/t54-,55-,56?,59-,60-,61-,62-,63-,64-,65-,66-/m1/s1. The van der Waals surface area contributed by atoms with Crippen LogP contribution in [0.15, 0.2) is 12.2 Å². The zero-order valence-electron chi connectivity index (χ0n) is 54.0. The number of ether oxygens (including phenoxy) is 6. The van der Waals surface area contributed by atoms with Crippen LogP contribution in [0.4, 0.5) is 0 Å². The Morgan fingerprint density at radius 1 is 0.518 bits per heavy atom. The van der Waals surface area contributed by atoms with Gasteiger partial charge in [0, 0.05) is 39.8 Å². The molecule has 0 aromatic rings. The minimum Gasteiger partial charge on any atom is -0.396 e. The minimum absolute atomic E-state index is 0.00564. The van der Waals surface area contributed by atoms with Crippen LogP contribution in [0.1, 0.15) is 291 Å². The number of carbonyl (C=O) groups is 3. The Morgan fingerprint density at radius 3 is 1.48 bits per heavy atom. The lowest BCUT2D eigenvalue weighted by molar-refractivity contribution is -0.300. The molecule has 2 amide bonds. The van der Waals surface area contributed by atoms with Crippen molar-refractivity contribution in [1.29, 1.82) is 0 Å². The first kappa shape index (κ1) is 79.2. The van der Waals surface area contributed by atoms with Crippen LogP contribution in [0.3, 0.4) is 0 Å². The van der Waals surface area contributed by atoms with E-state index in [-0.39, 0.29) is 56.9 Å². The Kier molecular flexibility index (Phi) is 48.3. The van der Waals surface area contributed by atoms with E-state index in [9.17, 15) is 44.1 Å². The maximum Gasteiger partial charge on any atom is 0.472 e. The van der Waals surface area contributed by atoms with E-state index in [4.69, 9.17) is 32.9 Å². The van der Waals surface area contributed by atoms with Gasteiger partial charge in [0.1, 0.15) is 48.4 Å². The maximum absolute atomic E-state index is 13.9. The number of aliphatic hydroxyl groups is 3. The van der Waals surface area contributed by atoms with E-state index in [2.05, 4.69) is 50.5 Å². The highest BCUT2D eigenvalue weighted by atomic mass is 31.2. The van der Waals surface area contributed by atoms with Crippen LogP contribution in [0, 0.1) is 0 Å². The average Bonchev–Trinajstić information content (AvgIpc) is 2.88. The summed E-state index contributed by atoms with van der Waals surface area (Å²) in [5.74, 6) is -1.34. The number of methoxy groups -OCH3 is 1. The normalized spacial score (nSPS) is 23.2. The van der Waals surface area contributed by atoms with Crippen LogP contribution in [0.5, 0.6) is 0 Å². The Morgan fingerprint density at radius 2 is 0.953 bits per heavy atom. The highest BCUT2D eigenvalue weighted by Crippen LogP contribution is 2.41. The Balaban J connectivity index is 2.33. The van der Waals surface area contributed by atoms with Crippen LogP contribution >= 0.6 is 7.82 Å². The van der Waals surface area contributed by atoms with E-state index >= 15 is 0 Å². The predicted octanol–water partition coefficient (Wildman–Crippen LogP) is 13.2. The zero-order valence-corrected chi connectivity index (χ0v) is 54.9.